The molecule has 0 heterocycles. The highest BCUT2D eigenvalue weighted by Gasteiger charge is 2.69. The molecule has 0 saturated heterocycles. The van der Waals surface area contributed by atoms with E-state index in [-0.39, 0.29) is 0 Å². The lowest BCUT2D eigenvalue weighted by Gasteiger charge is -2.37. The quantitative estimate of drug-likeness (QED) is 0.681. The molecule has 0 aliphatic heterocycles. The van der Waals surface area contributed by atoms with E-state index in [1.54, 1.807) is 0 Å². The molecule has 0 spiro atoms. The Balaban J connectivity index is 1.99. The van der Waals surface area contributed by atoms with Gasteiger partial charge in [0.1, 0.15) is 0 Å². The van der Waals surface area contributed by atoms with Gasteiger partial charge in [-0.2, -0.15) is 0 Å². The van der Waals surface area contributed by atoms with Crippen molar-refractivity contribution in [3.8, 4) is 0 Å². The van der Waals surface area contributed by atoms with Gasteiger partial charge in [-0.05, 0) is 68.6 Å². The molecule has 0 aromatic heterocycles. The van der Waals surface area contributed by atoms with Gasteiger partial charge in [-0.25, -0.2) is 0 Å². The molecule has 2 heteroatoms. The van der Waals surface area contributed by atoms with E-state index in [4.69, 9.17) is 0 Å². The van der Waals surface area contributed by atoms with Gasteiger partial charge in [0.05, 0.1) is 11.2 Å². The van der Waals surface area contributed by atoms with Crippen LogP contribution < -0.4 is 0 Å². The fourth-order valence-electron chi connectivity index (χ4n) is 5.25. The van der Waals surface area contributed by atoms with E-state index in [0.717, 1.165) is 25.7 Å². The van der Waals surface area contributed by atoms with E-state index in [9.17, 15) is 10.2 Å². The zero-order valence-electron chi connectivity index (χ0n) is 11.5. The van der Waals surface area contributed by atoms with Gasteiger partial charge in [0.25, 0.3) is 0 Å². The van der Waals surface area contributed by atoms with Crippen LogP contribution >= 0.6 is 0 Å². The molecule has 3 aliphatic rings. The van der Waals surface area contributed by atoms with E-state index >= 15 is 0 Å². The molecular weight excluding hydrogens is 212 g/mol. The maximum Gasteiger partial charge on any atom is 0.0654 e. The minimum atomic E-state index is -0.561. The summed E-state index contributed by atoms with van der Waals surface area (Å²) >= 11 is 0. The van der Waals surface area contributed by atoms with Gasteiger partial charge in [-0.3, -0.25) is 0 Å². The van der Waals surface area contributed by atoms with Crippen molar-refractivity contribution in [2.45, 2.75) is 64.6 Å². The number of hydrogen-bond acceptors (Lipinski definition) is 2. The first kappa shape index (κ1) is 12.0. The van der Waals surface area contributed by atoms with Crippen LogP contribution in [0.4, 0.5) is 0 Å². The van der Waals surface area contributed by atoms with Gasteiger partial charge in [0, 0.05) is 0 Å². The first-order valence-electron chi connectivity index (χ1n) is 7.13. The highest BCUT2D eigenvalue weighted by atomic mass is 16.3. The van der Waals surface area contributed by atoms with Gasteiger partial charge >= 0.3 is 0 Å². The zero-order valence-corrected chi connectivity index (χ0v) is 11.5. The van der Waals surface area contributed by atoms with Gasteiger partial charge in [-0.15, -0.1) is 0 Å². The maximum absolute atomic E-state index is 10.7. The smallest absolute Gasteiger partial charge is 0.0654 e. The Bertz CT molecular complexity index is 343. The van der Waals surface area contributed by atoms with E-state index in [0.29, 0.717) is 29.1 Å². The summed E-state index contributed by atoms with van der Waals surface area (Å²) in [6, 6.07) is 0. The third kappa shape index (κ3) is 1.46. The molecule has 0 unspecified atom stereocenters. The molecule has 0 radical (unpaired) electrons. The summed E-state index contributed by atoms with van der Waals surface area (Å²) in [4.78, 5) is 0. The summed E-state index contributed by atoms with van der Waals surface area (Å²) in [6.07, 6.45) is 3.89. The summed E-state index contributed by atoms with van der Waals surface area (Å²) in [5.74, 6) is 1.95. The monoisotopic (exact) mass is 238 g/mol. The molecule has 3 aliphatic carbocycles. The highest BCUT2D eigenvalue weighted by Crippen LogP contribution is 2.71. The zero-order chi connectivity index (χ0) is 12.6. The van der Waals surface area contributed by atoms with Crippen molar-refractivity contribution in [3.63, 3.8) is 0 Å². The van der Waals surface area contributed by atoms with E-state index in [2.05, 4.69) is 13.8 Å². The predicted octanol–water partition coefficient (Wildman–Crippen LogP) is 2.58. The van der Waals surface area contributed by atoms with Crippen LogP contribution in [0.5, 0.6) is 0 Å². The second-order valence-corrected chi connectivity index (χ2v) is 7.88. The van der Waals surface area contributed by atoms with E-state index in [1.165, 1.54) is 0 Å². The summed E-state index contributed by atoms with van der Waals surface area (Å²) in [6.45, 7) is 8.66. The molecule has 3 fully saturated rings. The molecule has 0 aromatic carbocycles. The van der Waals surface area contributed by atoms with Crippen LogP contribution in [0.15, 0.2) is 0 Å². The van der Waals surface area contributed by atoms with Crippen LogP contribution in [0.1, 0.15) is 53.4 Å². The SMILES string of the molecule is CC1(C)[C@H]2[C@@H]3[C@@H](CC[C@]3(C)O)[C@](C)(O)CC[C@H]21. The van der Waals surface area contributed by atoms with Gasteiger partial charge in [0.15, 0.2) is 0 Å². The van der Waals surface area contributed by atoms with Crippen LogP contribution in [0.3, 0.4) is 0 Å². The van der Waals surface area contributed by atoms with Crippen molar-refractivity contribution in [2.24, 2.45) is 29.1 Å². The third-order valence-electron chi connectivity index (χ3n) is 6.40. The van der Waals surface area contributed by atoms with Crippen LogP contribution in [-0.4, -0.2) is 21.4 Å². The first-order chi connectivity index (χ1) is 7.68. The minimum Gasteiger partial charge on any atom is -0.390 e. The number of rotatable bonds is 0. The lowest BCUT2D eigenvalue weighted by molar-refractivity contribution is -0.0663. The topological polar surface area (TPSA) is 40.5 Å². The highest BCUT2D eigenvalue weighted by molar-refractivity contribution is 5.18. The maximum atomic E-state index is 10.7. The largest absolute Gasteiger partial charge is 0.390 e. The Kier molecular flexibility index (Phi) is 2.17. The molecule has 6 atom stereocenters. The number of hydrogen-bond donors (Lipinski definition) is 2. The average Bonchev–Trinajstić information content (AvgIpc) is 2.59. The second-order valence-electron chi connectivity index (χ2n) is 7.88. The van der Waals surface area contributed by atoms with Crippen molar-refractivity contribution >= 4 is 0 Å². The summed E-state index contributed by atoms with van der Waals surface area (Å²) in [7, 11) is 0. The van der Waals surface area contributed by atoms with E-state index < -0.39 is 11.2 Å². The third-order valence-corrected chi connectivity index (χ3v) is 6.40. The fraction of sp³-hybridized carbons (Fsp3) is 1.00. The van der Waals surface area contributed by atoms with Crippen LogP contribution in [0, 0.1) is 29.1 Å². The van der Waals surface area contributed by atoms with Crippen molar-refractivity contribution < 1.29 is 10.2 Å². The Morgan fingerprint density at radius 1 is 0.765 bits per heavy atom. The minimum absolute atomic E-state index is 0.300. The van der Waals surface area contributed by atoms with Crippen molar-refractivity contribution in [1.29, 1.82) is 0 Å². The van der Waals surface area contributed by atoms with Crippen molar-refractivity contribution in [2.75, 3.05) is 0 Å². The van der Waals surface area contributed by atoms with E-state index in [1.807, 2.05) is 13.8 Å². The lowest BCUT2D eigenvalue weighted by Crippen LogP contribution is -2.43. The fourth-order valence-corrected chi connectivity index (χ4v) is 5.25. The van der Waals surface area contributed by atoms with Crippen LogP contribution in [0.2, 0.25) is 0 Å². The average molecular weight is 238 g/mol. The molecule has 2 N–H and O–H groups in total. The normalized spacial score (nSPS) is 60.4. The van der Waals surface area contributed by atoms with Gasteiger partial charge in [-0.1, -0.05) is 13.8 Å². The Morgan fingerprint density at radius 2 is 1.29 bits per heavy atom. The summed E-state index contributed by atoms with van der Waals surface area (Å²) in [5.41, 5.74) is -0.738. The molecular formula is C15H26O2. The standard InChI is InChI=1S/C15H26O2/c1-13(2)9-5-7-14(3,16)10-6-8-15(4,17)12(10)11(9)13/h9-12,16-17H,5-8H2,1-4H3/t9-,10-,11-,12+,14-,15+/m1/s1. The van der Waals surface area contributed by atoms with Gasteiger partial charge in [0.2, 0.25) is 0 Å². The number of fused-ring (bicyclic) bond motifs is 3. The Labute approximate surface area is 104 Å². The molecule has 0 aromatic rings. The molecule has 3 saturated carbocycles. The second kappa shape index (κ2) is 3.08. The van der Waals surface area contributed by atoms with Gasteiger partial charge < -0.3 is 10.2 Å². The van der Waals surface area contributed by atoms with Crippen molar-refractivity contribution in [1.82, 2.24) is 0 Å². The molecule has 98 valence electrons. The predicted molar refractivity (Wildman–Crippen MR) is 67.5 cm³/mol. The van der Waals surface area contributed by atoms with Crippen LogP contribution in [-0.2, 0) is 0 Å². The van der Waals surface area contributed by atoms with Crippen LogP contribution in [0.25, 0.3) is 0 Å². The number of aliphatic hydroxyl groups is 2. The van der Waals surface area contributed by atoms with Crippen molar-refractivity contribution in [3.05, 3.63) is 0 Å². The summed E-state index contributed by atoms with van der Waals surface area (Å²) < 4.78 is 0. The molecule has 17 heavy (non-hydrogen) atoms. The Hall–Kier alpha value is -0.0800. The molecule has 0 amide bonds. The molecule has 3 rings (SSSR count). The Morgan fingerprint density at radius 3 is 1.94 bits per heavy atom. The summed E-state index contributed by atoms with van der Waals surface area (Å²) in [5, 5.41) is 21.3. The first-order valence-corrected chi connectivity index (χ1v) is 7.13. The molecule has 0 bridgehead atoms. The molecule has 2 nitrogen and oxygen atoms in total. The lowest BCUT2D eigenvalue weighted by atomic mass is 9.73.